The zero-order valence-corrected chi connectivity index (χ0v) is 20.8. The van der Waals surface area contributed by atoms with E-state index in [1.807, 2.05) is 25.1 Å². The van der Waals surface area contributed by atoms with Crippen LogP contribution in [0.5, 0.6) is 0 Å². The van der Waals surface area contributed by atoms with Gasteiger partial charge in [0.1, 0.15) is 16.4 Å². The molecule has 0 radical (unpaired) electrons. The number of nitrogens with zero attached hydrogens (tertiary/aromatic N) is 2. The Labute approximate surface area is 190 Å². The summed E-state index contributed by atoms with van der Waals surface area (Å²) in [4.78, 5) is 18.8. The monoisotopic (exact) mass is 542 g/mol. The van der Waals surface area contributed by atoms with Gasteiger partial charge in [-0.1, -0.05) is 18.2 Å². The normalized spacial score (nSPS) is 12.6. The van der Waals surface area contributed by atoms with Crippen molar-refractivity contribution >= 4 is 57.4 Å². The fourth-order valence-corrected chi connectivity index (χ4v) is 3.56. The Bertz CT molecular complexity index is 713. The van der Waals surface area contributed by atoms with Crippen molar-refractivity contribution in [3.8, 4) is 0 Å². The SMILES string of the molecule is CC(CCS(C)(=O)=O)NC(=NCC(=O)N(C)C)NCCSc1ccccc1.I. The van der Waals surface area contributed by atoms with Crippen molar-refractivity contribution in [3.05, 3.63) is 30.3 Å². The molecule has 1 rings (SSSR count). The van der Waals surface area contributed by atoms with E-state index < -0.39 is 9.84 Å². The van der Waals surface area contributed by atoms with Crippen LogP contribution in [0.15, 0.2) is 40.2 Å². The molecule has 7 nitrogen and oxygen atoms in total. The van der Waals surface area contributed by atoms with Crippen LogP contribution in [0.3, 0.4) is 0 Å². The van der Waals surface area contributed by atoms with Gasteiger partial charge in [0.2, 0.25) is 5.91 Å². The van der Waals surface area contributed by atoms with Gasteiger partial charge in [-0.3, -0.25) is 4.79 Å². The summed E-state index contributed by atoms with van der Waals surface area (Å²) in [5.41, 5.74) is 0. The highest BCUT2D eigenvalue weighted by molar-refractivity contribution is 14.0. The average molecular weight is 543 g/mol. The van der Waals surface area contributed by atoms with Crippen LogP contribution in [0, 0.1) is 0 Å². The second kappa shape index (κ2) is 14.0. The topological polar surface area (TPSA) is 90.9 Å². The first kappa shape index (κ1) is 27.0. The van der Waals surface area contributed by atoms with Crippen molar-refractivity contribution < 1.29 is 13.2 Å². The number of hydrogen-bond donors (Lipinski definition) is 2. The van der Waals surface area contributed by atoms with Gasteiger partial charge in [0.25, 0.3) is 0 Å². The van der Waals surface area contributed by atoms with Crippen LogP contribution >= 0.6 is 35.7 Å². The van der Waals surface area contributed by atoms with Crippen molar-refractivity contribution in [3.63, 3.8) is 0 Å². The Morgan fingerprint density at radius 2 is 1.89 bits per heavy atom. The van der Waals surface area contributed by atoms with Crippen molar-refractivity contribution in [1.29, 1.82) is 0 Å². The van der Waals surface area contributed by atoms with Crippen LogP contribution < -0.4 is 10.6 Å². The molecular weight excluding hydrogens is 511 g/mol. The lowest BCUT2D eigenvalue weighted by molar-refractivity contribution is -0.127. The van der Waals surface area contributed by atoms with E-state index in [9.17, 15) is 13.2 Å². The molecule has 0 aliphatic carbocycles. The fraction of sp³-hybridized carbons (Fsp3) is 0.556. The van der Waals surface area contributed by atoms with E-state index >= 15 is 0 Å². The lowest BCUT2D eigenvalue weighted by Gasteiger charge is -2.18. The predicted octanol–water partition coefficient (Wildman–Crippen LogP) is 1.84. The van der Waals surface area contributed by atoms with Crippen LogP contribution in [0.1, 0.15) is 13.3 Å². The Hall–Kier alpha value is -1.01. The van der Waals surface area contributed by atoms with Gasteiger partial charge in [0.15, 0.2) is 5.96 Å². The zero-order chi connectivity index (χ0) is 20.3. The van der Waals surface area contributed by atoms with Gasteiger partial charge < -0.3 is 15.5 Å². The number of thioether (sulfide) groups is 1. The number of guanidine groups is 1. The number of carbonyl (C=O) groups is 1. The third-order valence-corrected chi connectivity index (χ3v) is 5.57. The van der Waals surface area contributed by atoms with Gasteiger partial charge in [-0.25, -0.2) is 13.4 Å². The molecule has 10 heteroatoms. The molecule has 0 heterocycles. The first-order valence-corrected chi connectivity index (χ1v) is 11.8. The first-order chi connectivity index (χ1) is 12.7. The van der Waals surface area contributed by atoms with E-state index in [0.717, 1.165) is 5.75 Å². The molecular formula is C18H31IN4O3S2. The third-order valence-electron chi connectivity index (χ3n) is 3.58. The first-order valence-electron chi connectivity index (χ1n) is 8.78. The van der Waals surface area contributed by atoms with E-state index in [4.69, 9.17) is 0 Å². The van der Waals surface area contributed by atoms with Crippen LogP contribution in [0.25, 0.3) is 0 Å². The molecule has 0 saturated heterocycles. The maximum absolute atomic E-state index is 11.8. The Balaban J connectivity index is 0.00000729. The number of amides is 1. The number of hydrogen-bond acceptors (Lipinski definition) is 5. The number of nitrogens with one attached hydrogen (secondary N) is 2. The maximum Gasteiger partial charge on any atom is 0.243 e. The summed E-state index contributed by atoms with van der Waals surface area (Å²) in [6.07, 6.45) is 1.70. The number of sulfone groups is 1. The molecule has 160 valence electrons. The van der Waals surface area contributed by atoms with Crippen LogP contribution in [0.2, 0.25) is 0 Å². The minimum absolute atomic E-state index is 0. The number of aliphatic imine (C=N–C) groups is 1. The molecule has 0 saturated carbocycles. The standard InChI is InChI=1S/C18H30N4O3S2.HI/c1-15(10-13-27(4,24)25)21-18(20-14-17(23)22(2)3)19-11-12-26-16-8-6-5-7-9-16;/h5-9,15H,10-14H2,1-4H3,(H2,19,20,21);1H. The molecule has 1 unspecified atom stereocenters. The van der Waals surface area contributed by atoms with Crippen molar-refractivity contribution in [1.82, 2.24) is 15.5 Å². The van der Waals surface area contributed by atoms with Crippen molar-refractivity contribution in [2.24, 2.45) is 4.99 Å². The molecule has 0 aliphatic heterocycles. The fourth-order valence-electron chi connectivity index (χ4n) is 1.99. The van der Waals surface area contributed by atoms with Crippen LogP contribution in [0.4, 0.5) is 0 Å². The highest BCUT2D eigenvalue weighted by Gasteiger charge is 2.11. The summed E-state index contributed by atoms with van der Waals surface area (Å²) in [7, 11) is 0.360. The average Bonchev–Trinajstić information content (AvgIpc) is 2.61. The van der Waals surface area contributed by atoms with Crippen LogP contribution in [-0.2, 0) is 14.6 Å². The van der Waals surface area contributed by atoms with Crippen molar-refractivity contribution in [2.75, 3.05) is 44.9 Å². The molecule has 0 spiro atoms. The molecule has 1 amide bonds. The van der Waals surface area contributed by atoms with E-state index in [2.05, 4.69) is 27.8 Å². The molecule has 1 aromatic carbocycles. The molecule has 28 heavy (non-hydrogen) atoms. The molecule has 0 aromatic heterocycles. The smallest absolute Gasteiger partial charge is 0.243 e. The number of likely N-dealkylation sites (N-methyl/N-ethyl adjacent to an activating group) is 1. The Kier molecular flexibility index (Phi) is 13.5. The molecule has 1 aromatic rings. The van der Waals surface area contributed by atoms with E-state index in [1.165, 1.54) is 16.1 Å². The number of carbonyl (C=O) groups excluding carboxylic acids is 1. The van der Waals surface area contributed by atoms with Crippen LogP contribution in [-0.4, -0.2) is 76.2 Å². The van der Waals surface area contributed by atoms with Gasteiger partial charge in [0, 0.05) is 43.6 Å². The summed E-state index contributed by atoms with van der Waals surface area (Å²) in [5.74, 6) is 1.36. The second-order valence-corrected chi connectivity index (χ2v) is 9.93. The van der Waals surface area contributed by atoms with Gasteiger partial charge in [-0.2, -0.15) is 0 Å². The predicted molar refractivity (Wildman–Crippen MR) is 129 cm³/mol. The van der Waals surface area contributed by atoms with Crippen molar-refractivity contribution in [2.45, 2.75) is 24.3 Å². The van der Waals surface area contributed by atoms with E-state index in [-0.39, 0.29) is 48.2 Å². The summed E-state index contributed by atoms with van der Waals surface area (Å²) >= 11 is 1.72. The number of benzene rings is 1. The molecule has 0 aliphatic rings. The Morgan fingerprint density at radius 3 is 2.46 bits per heavy atom. The largest absolute Gasteiger partial charge is 0.356 e. The van der Waals surface area contributed by atoms with Gasteiger partial charge >= 0.3 is 0 Å². The van der Waals surface area contributed by atoms with Gasteiger partial charge in [-0.15, -0.1) is 35.7 Å². The summed E-state index contributed by atoms with van der Waals surface area (Å²) in [5, 5.41) is 6.39. The highest BCUT2D eigenvalue weighted by atomic mass is 127. The number of rotatable bonds is 10. The van der Waals surface area contributed by atoms with E-state index in [0.29, 0.717) is 18.9 Å². The molecule has 0 fully saturated rings. The quantitative estimate of drug-likeness (QED) is 0.154. The van der Waals surface area contributed by atoms with Gasteiger partial charge in [0.05, 0.1) is 5.75 Å². The number of halogens is 1. The summed E-state index contributed by atoms with van der Waals surface area (Å²) in [6, 6.07) is 10.0. The highest BCUT2D eigenvalue weighted by Crippen LogP contribution is 2.15. The third kappa shape index (κ3) is 13.2. The lowest BCUT2D eigenvalue weighted by Crippen LogP contribution is -2.44. The Morgan fingerprint density at radius 1 is 1.25 bits per heavy atom. The zero-order valence-electron chi connectivity index (χ0n) is 16.8. The summed E-state index contributed by atoms with van der Waals surface area (Å²) < 4.78 is 22.7. The maximum atomic E-state index is 11.8. The summed E-state index contributed by atoms with van der Waals surface area (Å²) in [6.45, 7) is 2.60. The second-order valence-electron chi connectivity index (χ2n) is 6.51. The molecule has 2 N–H and O–H groups in total. The van der Waals surface area contributed by atoms with Gasteiger partial charge in [-0.05, 0) is 25.5 Å². The molecule has 0 bridgehead atoms. The minimum Gasteiger partial charge on any atom is -0.356 e. The van der Waals surface area contributed by atoms with E-state index in [1.54, 1.807) is 25.9 Å². The minimum atomic E-state index is -3.01. The lowest BCUT2D eigenvalue weighted by atomic mass is 10.3. The molecule has 1 atom stereocenters.